The van der Waals surface area contributed by atoms with Gasteiger partial charge < -0.3 is 18.9 Å². The number of hydrogen-bond acceptors (Lipinski definition) is 4. The van der Waals surface area contributed by atoms with E-state index in [-0.39, 0.29) is 24.4 Å². The van der Waals surface area contributed by atoms with Crippen LogP contribution >= 0.6 is 0 Å². The summed E-state index contributed by atoms with van der Waals surface area (Å²) in [6, 6.07) is 15.9. The summed E-state index contributed by atoms with van der Waals surface area (Å²) in [5.41, 5.74) is 2.20. The molecule has 0 radical (unpaired) electrons. The molecule has 0 spiro atoms. The van der Waals surface area contributed by atoms with Gasteiger partial charge in [-0.05, 0) is 49.2 Å². The van der Waals surface area contributed by atoms with Crippen molar-refractivity contribution in [3.8, 4) is 11.5 Å². The third-order valence-electron chi connectivity index (χ3n) is 4.46. The molecule has 0 saturated carbocycles. The number of ether oxygens (including phenoxy) is 4. The van der Waals surface area contributed by atoms with Crippen LogP contribution in [-0.2, 0) is 9.47 Å². The van der Waals surface area contributed by atoms with Gasteiger partial charge in [-0.1, -0.05) is 24.3 Å². The van der Waals surface area contributed by atoms with Crippen LogP contribution in [0.5, 0.6) is 11.5 Å². The minimum Gasteiger partial charge on any atom is -0.497 e. The van der Waals surface area contributed by atoms with E-state index >= 15 is 0 Å². The Morgan fingerprint density at radius 1 is 0.625 bits per heavy atom. The normalized spacial score (nSPS) is 26.8. The van der Waals surface area contributed by atoms with Crippen LogP contribution in [0.2, 0.25) is 0 Å². The summed E-state index contributed by atoms with van der Waals surface area (Å²) in [6.45, 7) is 4.11. The summed E-state index contributed by atoms with van der Waals surface area (Å²) >= 11 is 0. The van der Waals surface area contributed by atoms with Crippen LogP contribution in [0.25, 0.3) is 0 Å². The second-order valence-electron chi connectivity index (χ2n) is 6.07. The van der Waals surface area contributed by atoms with E-state index in [9.17, 15) is 0 Å². The highest BCUT2D eigenvalue weighted by Gasteiger charge is 2.36. The Hall–Kier alpha value is -2.04. The van der Waals surface area contributed by atoms with Gasteiger partial charge in [0.15, 0.2) is 0 Å². The van der Waals surface area contributed by atoms with Crippen LogP contribution in [-0.4, -0.2) is 26.4 Å². The quantitative estimate of drug-likeness (QED) is 0.838. The van der Waals surface area contributed by atoms with Crippen molar-refractivity contribution >= 4 is 0 Å². The maximum Gasteiger partial charge on any atom is 0.118 e. The molecule has 2 aromatic carbocycles. The van der Waals surface area contributed by atoms with Crippen molar-refractivity contribution in [3.05, 3.63) is 59.7 Å². The van der Waals surface area contributed by atoms with Crippen LogP contribution in [0.15, 0.2) is 48.5 Å². The van der Waals surface area contributed by atoms with E-state index in [2.05, 4.69) is 13.8 Å². The molecule has 0 aliphatic carbocycles. The molecule has 24 heavy (non-hydrogen) atoms. The Kier molecular flexibility index (Phi) is 5.07. The fraction of sp³-hybridized carbons (Fsp3) is 0.400. The topological polar surface area (TPSA) is 36.9 Å². The third kappa shape index (κ3) is 3.40. The highest BCUT2D eigenvalue weighted by atomic mass is 16.6. The van der Waals surface area contributed by atoms with Gasteiger partial charge in [-0.3, -0.25) is 0 Å². The van der Waals surface area contributed by atoms with E-state index in [1.165, 1.54) is 0 Å². The van der Waals surface area contributed by atoms with Crippen molar-refractivity contribution in [1.29, 1.82) is 0 Å². The second-order valence-corrected chi connectivity index (χ2v) is 6.07. The molecule has 1 saturated heterocycles. The average Bonchev–Trinajstić information content (AvgIpc) is 2.63. The molecule has 0 amide bonds. The molecule has 1 heterocycles. The van der Waals surface area contributed by atoms with Crippen LogP contribution in [0.3, 0.4) is 0 Å². The van der Waals surface area contributed by atoms with Crippen molar-refractivity contribution in [1.82, 2.24) is 0 Å². The van der Waals surface area contributed by atoms with Crippen LogP contribution < -0.4 is 9.47 Å². The van der Waals surface area contributed by atoms with E-state index in [4.69, 9.17) is 18.9 Å². The Labute approximate surface area is 143 Å². The molecule has 0 aromatic heterocycles. The molecule has 128 valence electrons. The smallest absolute Gasteiger partial charge is 0.118 e. The molecule has 1 aliphatic rings. The summed E-state index contributed by atoms with van der Waals surface area (Å²) in [5, 5.41) is 0. The Bertz CT molecular complexity index is 591. The summed E-state index contributed by atoms with van der Waals surface area (Å²) in [7, 11) is 3.33. The first-order valence-corrected chi connectivity index (χ1v) is 8.21. The number of hydrogen-bond donors (Lipinski definition) is 0. The molecular formula is C20H24O4. The summed E-state index contributed by atoms with van der Waals surface area (Å²) in [6.07, 6.45) is -0.246. The van der Waals surface area contributed by atoms with E-state index in [0.29, 0.717) is 0 Å². The highest BCUT2D eigenvalue weighted by Crippen LogP contribution is 2.39. The average molecular weight is 328 g/mol. The molecular weight excluding hydrogens is 304 g/mol. The van der Waals surface area contributed by atoms with Gasteiger partial charge >= 0.3 is 0 Å². The summed E-state index contributed by atoms with van der Waals surface area (Å²) < 4.78 is 23.0. The van der Waals surface area contributed by atoms with Crippen molar-refractivity contribution < 1.29 is 18.9 Å². The first-order chi connectivity index (χ1) is 11.6. The lowest BCUT2D eigenvalue weighted by atomic mass is 9.98. The fourth-order valence-corrected chi connectivity index (χ4v) is 3.11. The second kappa shape index (κ2) is 7.24. The monoisotopic (exact) mass is 328 g/mol. The van der Waals surface area contributed by atoms with Crippen LogP contribution in [0.1, 0.15) is 37.2 Å². The van der Waals surface area contributed by atoms with Crippen LogP contribution in [0.4, 0.5) is 0 Å². The van der Waals surface area contributed by atoms with Gasteiger partial charge in [-0.25, -0.2) is 0 Å². The molecule has 2 aromatic rings. The first-order valence-electron chi connectivity index (χ1n) is 8.21. The van der Waals surface area contributed by atoms with E-state index in [1.807, 2.05) is 48.5 Å². The molecule has 0 N–H and O–H groups in total. The standard InChI is InChI=1S/C20H24O4/c1-13-19(15-5-9-17(21-3)10-6-15)24-14(2)20(23-13)16-7-11-18(22-4)12-8-16/h5-14,19-20H,1-4H3. The van der Waals surface area contributed by atoms with Gasteiger partial charge in [-0.15, -0.1) is 0 Å². The van der Waals surface area contributed by atoms with Gasteiger partial charge in [0.25, 0.3) is 0 Å². The molecule has 1 aliphatic heterocycles. The van der Waals surface area contributed by atoms with Gasteiger partial charge in [-0.2, -0.15) is 0 Å². The zero-order valence-corrected chi connectivity index (χ0v) is 14.6. The van der Waals surface area contributed by atoms with Crippen molar-refractivity contribution in [3.63, 3.8) is 0 Å². The Balaban J connectivity index is 1.75. The van der Waals surface area contributed by atoms with Crippen molar-refractivity contribution in [2.45, 2.75) is 38.3 Å². The zero-order chi connectivity index (χ0) is 17.1. The summed E-state index contributed by atoms with van der Waals surface area (Å²) in [4.78, 5) is 0. The fourth-order valence-electron chi connectivity index (χ4n) is 3.11. The Morgan fingerprint density at radius 2 is 0.958 bits per heavy atom. The number of rotatable bonds is 4. The molecule has 4 unspecified atom stereocenters. The number of benzene rings is 2. The van der Waals surface area contributed by atoms with Crippen molar-refractivity contribution in [2.75, 3.05) is 14.2 Å². The molecule has 3 rings (SSSR count). The van der Waals surface area contributed by atoms with E-state index in [0.717, 1.165) is 22.6 Å². The lowest BCUT2D eigenvalue weighted by Gasteiger charge is -2.39. The molecule has 4 nitrogen and oxygen atoms in total. The van der Waals surface area contributed by atoms with Gasteiger partial charge in [0.2, 0.25) is 0 Å². The van der Waals surface area contributed by atoms with Gasteiger partial charge in [0.05, 0.1) is 26.4 Å². The number of methoxy groups -OCH3 is 2. The van der Waals surface area contributed by atoms with Gasteiger partial charge in [0, 0.05) is 0 Å². The predicted molar refractivity (Wildman–Crippen MR) is 92.6 cm³/mol. The SMILES string of the molecule is COc1ccc(C2OC(C)C(c3ccc(OC)cc3)OC2C)cc1. The first kappa shape index (κ1) is 16.8. The highest BCUT2D eigenvalue weighted by molar-refractivity contribution is 5.31. The largest absolute Gasteiger partial charge is 0.497 e. The maximum absolute atomic E-state index is 6.28. The van der Waals surface area contributed by atoms with E-state index in [1.54, 1.807) is 14.2 Å². The summed E-state index contributed by atoms with van der Waals surface area (Å²) in [5.74, 6) is 1.68. The van der Waals surface area contributed by atoms with Crippen molar-refractivity contribution in [2.24, 2.45) is 0 Å². The minimum absolute atomic E-state index is 0.0401. The zero-order valence-electron chi connectivity index (χ0n) is 14.6. The lowest BCUT2D eigenvalue weighted by molar-refractivity contribution is -0.215. The third-order valence-corrected chi connectivity index (χ3v) is 4.46. The van der Waals surface area contributed by atoms with Crippen LogP contribution in [0, 0.1) is 0 Å². The molecule has 1 fully saturated rings. The minimum atomic E-state index is -0.0830. The predicted octanol–water partition coefficient (Wildman–Crippen LogP) is 4.31. The molecule has 4 heteroatoms. The molecule has 4 atom stereocenters. The molecule has 0 bridgehead atoms. The van der Waals surface area contributed by atoms with E-state index < -0.39 is 0 Å². The Morgan fingerprint density at radius 3 is 1.25 bits per heavy atom. The van der Waals surface area contributed by atoms with Gasteiger partial charge in [0.1, 0.15) is 23.7 Å². The lowest BCUT2D eigenvalue weighted by Crippen LogP contribution is -2.37. The maximum atomic E-state index is 6.28.